The number of hydrogen-bond acceptors (Lipinski definition) is 3. The number of nitrogens with two attached hydrogens (primary N) is 1. The highest BCUT2D eigenvalue weighted by Crippen LogP contribution is 2.15. The van der Waals surface area contributed by atoms with E-state index in [-0.39, 0.29) is 5.97 Å². The minimum atomic E-state index is -0.108. The lowest BCUT2D eigenvalue weighted by Gasteiger charge is -2.31. The number of aliphatic imine (C=N–C) groups is 1. The van der Waals surface area contributed by atoms with Gasteiger partial charge in [-0.25, -0.2) is 0 Å². The molecule has 0 aliphatic carbocycles. The number of likely N-dealkylation sites (tertiary alicyclic amines) is 1. The third-order valence-electron chi connectivity index (χ3n) is 4.15. The summed E-state index contributed by atoms with van der Waals surface area (Å²) in [4.78, 5) is 17.6. The third kappa shape index (κ3) is 7.93. The maximum Gasteiger partial charge on any atom is 0.305 e. The van der Waals surface area contributed by atoms with Crippen molar-refractivity contribution < 1.29 is 9.53 Å². The van der Waals surface area contributed by atoms with E-state index in [1.165, 1.54) is 20.0 Å². The highest BCUT2D eigenvalue weighted by molar-refractivity contribution is 5.78. The van der Waals surface area contributed by atoms with Crippen molar-refractivity contribution >= 4 is 11.9 Å². The van der Waals surface area contributed by atoms with Gasteiger partial charge in [0.15, 0.2) is 5.96 Å². The number of unbranched alkanes of at least 4 members (excludes halogenated alkanes) is 4. The van der Waals surface area contributed by atoms with Crippen molar-refractivity contribution in [3.05, 3.63) is 0 Å². The molecule has 0 aromatic rings. The Morgan fingerprint density at radius 2 is 1.81 bits per heavy atom. The molecule has 0 aromatic carbocycles. The molecule has 1 fully saturated rings. The Morgan fingerprint density at radius 3 is 2.48 bits per heavy atom. The largest absolute Gasteiger partial charge is 0.469 e. The lowest BCUT2D eigenvalue weighted by molar-refractivity contribution is -0.140. The number of carbonyl (C=O) groups excluding carboxylic acids is 1. The van der Waals surface area contributed by atoms with E-state index in [0.717, 1.165) is 57.7 Å². The summed E-state index contributed by atoms with van der Waals surface area (Å²) in [5.41, 5.74) is 6.03. The first-order valence-electron chi connectivity index (χ1n) is 8.25. The molecule has 122 valence electrons. The summed E-state index contributed by atoms with van der Waals surface area (Å²) in [6.07, 6.45) is 8.34. The van der Waals surface area contributed by atoms with Gasteiger partial charge in [-0.2, -0.15) is 0 Å². The van der Waals surface area contributed by atoms with Crippen LogP contribution in [0.3, 0.4) is 0 Å². The van der Waals surface area contributed by atoms with Crippen molar-refractivity contribution in [1.29, 1.82) is 0 Å². The Bertz CT molecular complexity index is 323. The molecule has 5 nitrogen and oxygen atoms in total. The van der Waals surface area contributed by atoms with Gasteiger partial charge in [-0.1, -0.05) is 26.2 Å². The molecule has 0 aromatic heterocycles. The van der Waals surface area contributed by atoms with E-state index in [0.29, 0.717) is 12.4 Å². The fraction of sp³-hybridized carbons (Fsp3) is 0.875. The molecule has 0 unspecified atom stereocenters. The monoisotopic (exact) mass is 297 g/mol. The Morgan fingerprint density at radius 1 is 1.19 bits per heavy atom. The van der Waals surface area contributed by atoms with Crippen LogP contribution in [0.15, 0.2) is 4.99 Å². The van der Waals surface area contributed by atoms with Crippen molar-refractivity contribution in [1.82, 2.24) is 4.90 Å². The number of ether oxygens (including phenoxy) is 1. The van der Waals surface area contributed by atoms with Crippen LogP contribution in [0, 0.1) is 5.92 Å². The van der Waals surface area contributed by atoms with Crippen LogP contribution >= 0.6 is 0 Å². The second-order valence-corrected chi connectivity index (χ2v) is 6.00. The SMILES string of the molecule is COC(=O)CCCCCCCN=C(N)N1CCC(C)CC1. The zero-order valence-electron chi connectivity index (χ0n) is 13.6. The van der Waals surface area contributed by atoms with Gasteiger partial charge in [-0.05, 0) is 31.6 Å². The highest BCUT2D eigenvalue weighted by Gasteiger charge is 2.16. The lowest BCUT2D eigenvalue weighted by atomic mass is 10.00. The minimum Gasteiger partial charge on any atom is -0.469 e. The Balaban J connectivity index is 2.00. The molecule has 1 saturated heterocycles. The Labute approximate surface area is 128 Å². The number of piperidine rings is 1. The van der Waals surface area contributed by atoms with Gasteiger partial charge in [0.05, 0.1) is 7.11 Å². The van der Waals surface area contributed by atoms with E-state index < -0.39 is 0 Å². The molecule has 21 heavy (non-hydrogen) atoms. The van der Waals surface area contributed by atoms with Crippen LogP contribution in [0.2, 0.25) is 0 Å². The van der Waals surface area contributed by atoms with Crippen molar-refractivity contribution in [2.24, 2.45) is 16.6 Å². The number of nitrogens with zero attached hydrogens (tertiary/aromatic N) is 2. The first kappa shape index (κ1) is 17.8. The molecule has 0 bridgehead atoms. The van der Waals surface area contributed by atoms with Gasteiger partial charge in [-0.15, -0.1) is 0 Å². The average Bonchev–Trinajstić information content (AvgIpc) is 2.50. The van der Waals surface area contributed by atoms with Crippen LogP contribution in [-0.2, 0) is 9.53 Å². The van der Waals surface area contributed by atoms with E-state index in [9.17, 15) is 4.79 Å². The molecule has 5 heteroatoms. The molecule has 0 saturated carbocycles. The lowest BCUT2D eigenvalue weighted by Crippen LogP contribution is -2.42. The summed E-state index contributed by atoms with van der Waals surface area (Å²) in [6, 6.07) is 0. The van der Waals surface area contributed by atoms with E-state index in [1.807, 2.05) is 0 Å². The molecule has 1 aliphatic heterocycles. The molecule has 0 amide bonds. The molecule has 2 N–H and O–H groups in total. The van der Waals surface area contributed by atoms with Gasteiger partial charge in [0.1, 0.15) is 0 Å². The van der Waals surface area contributed by atoms with Crippen molar-refractivity contribution in [3.8, 4) is 0 Å². The summed E-state index contributed by atoms with van der Waals surface area (Å²) in [6.45, 7) is 5.20. The molecule has 1 heterocycles. The summed E-state index contributed by atoms with van der Waals surface area (Å²) in [5.74, 6) is 1.43. The van der Waals surface area contributed by atoms with Gasteiger partial charge >= 0.3 is 5.97 Å². The number of esters is 1. The first-order chi connectivity index (χ1) is 10.1. The smallest absolute Gasteiger partial charge is 0.305 e. The van der Waals surface area contributed by atoms with Crippen LogP contribution in [-0.4, -0.2) is 43.6 Å². The molecular weight excluding hydrogens is 266 g/mol. The van der Waals surface area contributed by atoms with Gasteiger partial charge in [0.2, 0.25) is 0 Å². The van der Waals surface area contributed by atoms with Gasteiger partial charge in [0, 0.05) is 26.1 Å². The zero-order chi connectivity index (χ0) is 15.5. The normalized spacial score (nSPS) is 17.0. The van der Waals surface area contributed by atoms with Gasteiger partial charge < -0.3 is 15.4 Å². The van der Waals surface area contributed by atoms with Crippen LogP contribution in [0.4, 0.5) is 0 Å². The van der Waals surface area contributed by atoms with Crippen LogP contribution in [0.25, 0.3) is 0 Å². The number of methoxy groups -OCH3 is 1. The maximum absolute atomic E-state index is 10.9. The number of carbonyl (C=O) groups is 1. The molecule has 1 rings (SSSR count). The predicted molar refractivity (Wildman–Crippen MR) is 86.2 cm³/mol. The Kier molecular flexibility index (Phi) is 8.87. The highest BCUT2D eigenvalue weighted by atomic mass is 16.5. The summed E-state index contributed by atoms with van der Waals surface area (Å²) >= 11 is 0. The van der Waals surface area contributed by atoms with Crippen LogP contribution in [0.1, 0.15) is 58.3 Å². The minimum absolute atomic E-state index is 0.108. The fourth-order valence-electron chi connectivity index (χ4n) is 2.54. The quantitative estimate of drug-likeness (QED) is 0.323. The second-order valence-electron chi connectivity index (χ2n) is 6.00. The fourth-order valence-corrected chi connectivity index (χ4v) is 2.54. The molecule has 0 atom stereocenters. The summed E-state index contributed by atoms with van der Waals surface area (Å²) < 4.78 is 4.61. The van der Waals surface area contributed by atoms with Crippen LogP contribution < -0.4 is 5.73 Å². The number of rotatable bonds is 8. The van der Waals surface area contributed by atoms with Crippen molar-refractivity contribution in [2.45, 2.75) is 58.3 Å². The van der Waals surface area contributed by atoms with Crippen molar-refractivity contribution in [3.63, 3.8) is 0 Å². The Hall–Kier alpha value is -1.26. The van der Waals surface area contributed by atoms with Gasteiger partial charge in [0.25, 0.3) is 0 Å². The van der Waals surface area contributed by atoms with E-state index in [1.54, 1.807) is 0 Å². The second kappa shape index (κ2) is 10.5. The third-order valence-corrected chi connectivity index (χ3v) is 4.15. The standard InChI is InChI=1S/C16H31N3O2/c1-14-9-12-19(13-10-14)16(17)18-11-7-5-3-4-6-8-15(20)21-2/h14H,3-13H2,1-2H3,(H2,17,18). The summed E-state index contributed by atoms with van der Waals surface area (Å²) in [5, 5.41) is 0. The maximum atomic E-state index is 10.9. The average molecular weight is 297 g/mol. The summed E-state index contributed by atoms with van der Waals surface area (Å²) in [7, 11) is 1.44. The van der Waals surface area contributed by atoms with E-state index >= 15 is 0 Å². The topological polar surface area (TPSA) is 67.9 Å². The van der Waals surface area contributed by atoms with Gasteiger partial charge in [-0.3, -0.25) is 9.79 Å². The number of guanidine groups is 1. The van der Waals surface area contributed by atoms with Crippen molar-refractivity contribution in [2.75, 3.05) is 26.7 Å². The van der Waals surface area contributed by atoms with E-state index in [4.69, 9.17) is 5.73 Å². The zero-order valence-corrected chi connectivity index (χ0v) is 13.6. The van der Waals surface area contributed by atoms with E-state index in [2.05, 4.69) is 21.6 Å². The van der Waals surface area contributed by atoms with Crippen LogP contribution in [0.5, 0.6) is 0 Å². The molecule has 0 spiro atoms. The molecular formula is C16H31N3O2. The first-order valence-corrected chi connectivity index (χ1v) is 8.25. The molecule has 1 aliphatic rings. The molecule has 0 radical (unpaired) electrons. The predicted octanol–water partition coefficient (Wildman–Crippen LogP) is 2.55. The number of hydrogen-bond donors (Lipinski definition) is 1.